The molecule has 2 aromatic carbocycles. The summed E-state index contributed by atoms with van der Waals surface area (Å²) in [7, 11) is 0. The molecule has 98 valence electrons. The molecule has 2 N–H and O–H groups in total. The molecule has 0 heterocycles. The van der Waals surface area contributed by atoms with Gasteiger partial charge in [-0.3, -0.25) is 0 Å². The summed E-state index contributed by atoms with van der Waals surface area (Å²) < 4.78 is 5.62. The Morgan fingerprint density at radius 2 is 1.95 bits per heavy atom. The van der Waals surface area contributed by atoms with Crippen LogP contribution in [0.25, 0.3) is 0 Å². The number of ether oxygens (including phenoxy) is 1. The van der Waals surface area contributed by atoms with Crippen LogP contribution in [0.5, 0.6) is 11.5 Å². The number of carboxylic acid groups (broad SMARTS) is 1. The Balaban J connectivity index is 2.11. The third-order valence-electron chi connectivity index (χ3n) is 2.78. The molecule has 0 amide bonds. The number of hydrogen-bond acceptors (Lipinski definition) is 3. The van der Waals surface area contributed by atoms with Gasteiger partial charge in [-0.05, 0) is 36.2 Å². The number of aromatic carboxylic acids is 1. The Morgan fingerprint density at radius 1 is 1.21 bits per heavy atom. The van der Waals surface area contributed by atoms with E-state index in [1.165, 1.54) is 12.1 Å². The second-order valence-corrected chi connectivity index (χ2v) is 4.21. The maximum absolute atomic E-state index is 10.8. The first-order valence-corrected chi connectivity index (χ1v) is 5.81. The number of benzene rings is 2. The summed E-state index contributed by atoms with van der Waals surface area (Å²) in [4.78, 5) is 10.8. The van der Waals surface area contributed by atoms with Crippen molar-refractivity contribution in [2.24, 2.45) is 0 Å². The Kier molecular flexibility index (Phi) is 3.71. The van der Waals surface area contributed by atoms with Gasteiger partial charge in [-0.2, -0.15) is 0 Å². The largest absolute Gasteiger partial charge is 0.507 e. The minimum Gasteiger partial charge on any atom is -0.507 e. The fourth-order valence-electron chi connectivity index (χ4n) is 1.73. The first-order valence-electron chi connectivity index (χ1n) is 5.81. The van der Waals surface area contributed by atoms with Crippen molar-refractivity contribution in [3.05, 3.63) is 59.2 Å². The van der Waals surface area contributed by atoms with Gasteiger partial charge in [0.2, 0.25) is 0 Å². The van der Waals surface area contributed by atoms with E-state index >= 15 is 0 Å². The number of para-hydroxylation sites is 1. The molecule has 0 aliphatic rings. The molecular formula is C15H14O4. The summed E-state index contributed by atoms with van der Waals surface area (Å²) in [5.41, 5.74) is 1.62. The Labute approximate surface area is 110 Å². The number of hydrogen-bond donors (Lipinski definition) is 2. The molecule has 2 rings (SSSR count). The Bertz CT molecular complexity index is 605. The molecular weight excluding hydrogens is 244 g/mol. The van der Waals surface area contributed by atoms with E-state index in [-0.39, 0.29) is 17.9 Å². The van der Waals surface area contributed by atoms with Crippen molar-refractivity contribution in [3.8, 4) is 11.5 Å². The van der Waals surface area contributed by atoms with Crippen LogP contribution < -0.4 is 4.74 Å². The molecule has 0 aliphatic heterocycles. The maximum Gasteiger partial charge on any atom is 0.339 e. The topological polar surface area (TPSA) is 66.8 Å². The Hall–Kier alpha value is -2.49. The second-order valence-electron chi connectivity index (χ2n) is 4.21. The van der Waals surface area contributed by atoms with Crippen molar-refractivity contribution in [2.45, 2.75) is 13.5 Å². The minimum atomic E-state index is -1.15. The number of rotatable bonds is 4. The highest BCUT2D eigenvalue weighted by molar-refractivity contribution is 5.90. The van der Waals surface area contributed by atoms with E-state index in [4.69, 9.17) is 9.84 Å². The average molecular weight is 258 g/mol. The molecule has 4 heteroatoms. The van der Waals surface area contributed by atoms with Gasteiger partial charge in [-0.25, -0.2) is 4.79 Å². The van der Waals surface area contributed by atoms with E-state index in [1.54, 1.807) is 6.07 Å². The Morgan fingerprint density at radius 3 is 2.58 bits per heavy atom. The van der Waals surface area contributed by atoms with Gasteiger partial charge in [-0.15, -0.1) is 0 Å². The van der Waals surface area contributed by atoms with Gasteiger partial charge in [0.25, 0.3) is 0 Å². The van der Waals surface area contributed by atoms with Gasteiger partial charge in [0.05, 0.1) is 0 Å². The fourth-order valence-corrected chi connectivity index (χ4v) is 1.73. The number of carboxylic acids is 1. The summed E-state index contributed by atoms with van der Waals surface area (Å²) in [5, 5.41) is 18.4. The van der Waals surface area contributed by atoms with Crippen LogP contribution in [0.4, 0.5) is 0 Å². The van der Waals surface area contributed by atoms with Gasteiger partial charge < -0.3 is 14.9 Å². The van der Waals surface area contributed by atoms with Gasteiger partial charge in [-0.1, -0.05) is 24.3 Å². The van der Waals surface area contributed by atoms with Crippen LogP contribution in [0, 0.1) is 6.92 Å². The molecule has 0 aliphatic carbocycles. The van der Waals surface area contributed by atoms with Gasteiger partial charge in [0, 0.05) is 0 Å². The van der Waals surface area contributed by atoms with E-state index in [1.807, 2.05) is 31.2 Å². The zero-order valence-electron chi connectivity index (χ0n) is 10.5. The first kappa shape index (κ1) is 13.0. The lowest BCUT2D eigenvalue weighted by Gasteiger charge is -2.09. The smallest absolute Gasteiger partial charge is 0.339 e. The van der Waals surface area contributed by atoms with Crippen molar-refractivity contribution in [1.29, 1.82) is 0 Å². The highest BCUT2D eigenvalue weighted by Gasteiger charge is 2.09. The van der Waals surface area contributed by atoms with Crippen LogP contribution in [-0.2, 0) is 6.61 Å². The van der Waals surface area contributed by atoms with Gasteiger partial charge in [0.15, 0.2) is 0 Å². The van der Waals surface area contributed by atoms with Crippen molar-refractivity contribution < 1.29 is 19.7 Å². The lowest BCUT2D eigenvalue weighted by Crippen LogP contribution is -2.00. The highest BCUT2D eigenvalue weighted by atomic mass is 16.5. The number of aryl methyl sites for hydroxylation is 1. The molecule has 0 aromatic heterocycles. The summed E-state index contributed by atoms with van der Waals surface area (Å²) >= 11 is 0. The normalized spacial score (nSPS) is 10.2. The molecule has 0 unspecified atom stereocenters. The summed E-state index contributed by atoms with van der Waals surface area (Å²) in [5.74, 6) is -0.633. The van der Waals surface area contributed by atoms with Crippen LogP contribution in [0.3, 0.4) is 0 Å². The molecule has 0 saturated carbocycles. The lowest BCUT2D eigenvalue weighted by atomic mass is 10.1. The quantitative estimate of drug-likeness (QED) is 0.884. The second kappa shape index (κ2) is 5.44. The van der Waals surface area contributed by atoms with Gasteiger partial charge in [0.1, 0.15) is 23.7 Å². The molecule has 19 heavy (non-hydrogen) atoms. The predicted octanol–water partition coefficient (Wildman–Crippen LogP) is 2.98. The molecule has 0 fully saturated rings. The van der Waals surface area contributed by atoms with Crippen molar-refractivity contribution in [3.63, 3.8) is 0 Å². The van der Waals surface area contributed by atoms with E-state index in [2.05, 4.69) is 0 Å². The summed E-state index contributed by atoms with van der Waals surface area (Å²) in [6, 6.07) is 12.0. The number of phenols is 1. The van der Waals surface area contributed by atoms with Crippen LogP contribution in [0.15, 0.2) is 42.5 Å². The monoisotopic (exact) mass is 258 g/mol. The average Bonchev–Trinajstić information content (AvgIpc) is 2.37. The SMILES string of the molecule is Cc1ccccc1OCc1ccc(C(=O)O)c(O)c1. The van der Waals surface area contributed by atoms with E-state index in [9.17, 15) is 9.90 Å². The standard InChI is InChI=1S/C15H14O4/c1-10-4-2-3-5-14(10)19-9-11-6-7-12(15(17)18)13(16)8-11/h2-8,16H,9H2,1H3,(H,17,18). The maximum atomic E-state index is 10.8. The van der Waals surface area contributed by atoms with E-state index in [0.717, 1.165) is 11.3 Å². The predicted molar refractivity (Wildman–Crippen MR) is 70.6 cm³/mol. The van der Waals surface area contributed by atoms with Crippen LogP contribution >= 0.6 is 0 Å². The van der Waals surface area contributed by atoms with E-state index < -0.39 is 5.97 Å². The molecule has 0 saturated heterocycles. The van der Waals surface area contributed by atoms with Crippen LogP contribution in [0.1, 0.15) is 21.5 Å². The molecule has 0 atom stereocenters. The molecule has 0 spiro atoms. The highest BCUT2D eigenvalue weighted by Crippen LogP contribution is 2.21. The zero-order valence-corrected chi connectivity index (χ0v) is 10.5. The van der Waals surface area contributed by atoms with Crippen molar-refractivity contribution in [2.75, 3.05) is 0 Å². The van der Waals surface area contributed by atoms with Crippen LogP contribution in [-0.4, -0.2) is 16.2 Å². The number of aromatic hydroxyl groups is 1. The molecule has 0 radical (unpaired) electrons. The molecule has 4 nitrogen and oxygen atoms in total. The summed E-state index contributed by atoms with van der Waals surface area (Å²) in [6.45, 7) is 2.22. The fraction of sp³-hybridized carbons (Fsp3) is 0.133. The molecule has 0 bridgehead atoms. The zero-order chi connectivity index (χ0) is 13.8. The molecule has 2 aromatic rings. The van der Waals surface area contributed by atoms with Crippen molar-refractivity contribution >= 4 is 5.97 Å². The third-order valence-corrected chi connectivity index (χ3v) is 2.78. The number of carbonyl (C=O) groups is 1. The lowest BCUT2D eigenvalue weighted by molar-refractivity contribution is 0.0693. The minimum absolute atomic E-state index is 0.111. The van der Waals surface area contributed by atoms with Crippen molar-refractivity contribution in [1.82, 2.24) is 0 Å². The first-order chi connectivity index (χ1) is 9.08. The van der Waals surface area contributed by atoms with Gasteiger partial charge >= 0.3 is 5.97 Å². The third kappa shape index (κ3) is 3.04. The van der Waals surface area contributed by atoms with E-state index in [0.29, 0.717) is 5.56 Å². The van der Waals surface area contributed by atoms with Crippen LogP contribution in [0.2, 0.25) is 0 Å². The summed E-state index contributed by atoms with van der Waals surface area (Å²) in [6.07, 6.45) is 0.